The largest absolute Gasteiger partial charge is 0.294 e. The van der Waals surface area contributed by atoms with Gasteiger partial charge in [0, 0.05) is 12.0 Å². The van der Waals surface area contributed by atoms with E-state index in [0.717, 1.165) is 0 Å². The van der Waals surface area contributed by atoms with Crippen LogP contribution in [-0.4, -0.2) is 19.7 Å². The van der Waals surface area contributed by atoms with Gasteiger partial charge >= 0.3 is 0 Å². The predicted octanol–water partition coefficient (Wildman–Crippen LogP) is 1.97. The number of hydrogen-bond acceptors (Lipinski definition) is 3. The first-order valence-electron chi connectivity index (χ1n) is 5.87. The van der Waals surface area contributed by atoms with E-state index in [1.807, 2.05) is 0 Å². The van der Waals surface area contributed by atoms with E-state index in [2.05, 4.69) is 10.6 Å². The van der Waals surface area contributed by atoms with Gasteiger partial charge in [0.05, 0.1) is 10.4 Å². The zero-order valence-electron chi connectivity index (χ0n) is 11.2. The quantitative estimate of drug-likeness (QED) is 0.662. The lowest BCUT2D eigenvalue weighted by atomic mass is 10.1. The molecule has 102 valence electrons. The van der Waals surface area contributed by atoms with Crippen LogP contribution in [0.1, 0.15) is 37.6 Å². The Kier molecular flexibility index (Phi) is 4.51. The van der Waals surface area contributed by atoms with Crippen LogP contribution in [0.4, 0.5) is 0 Å². The molecule has 0 atom stereocenters. The van der Waals surface area contributed by atoms with Crippen molar-refractivity contribution in [3.63, 3.8) is 0 Å². The number of Topliss-reactive ketones (excluding diaryl/α,β-unsaturated/α-hetero) is 1. The van der Waals surface area contributed by atoms with Crippen molar-refractivity contribution in [2.24, 2.45) is 0 Å². The molecule has 0 aliphatic rings. The summed E-state index contributed by atoms with van der Waals surface area (Å²) in [5, 5.41) is 0. The molecule has 1 rings (SSSR count). The van der Waals surface area contributed by atoms with Crippen molar-refractivity contribution in [1.82, 2.24) is 4.72 Å². The molecule has 1 aromatic rings. The van der Waals surface area contributed by atoms with Crippen LogP contribution in [0.2, 0.25) is 0 Å². The van der Waals surface area contributed by atoms with Gasteiger partial charge in [0.1, 0.15) is 0 Å². The fourth-order valence-electron chi connectivity index (χ4n) is 1.47. The third-order valence-corrected chi connectivity index (χ3v) is 4.19. The second-order valence-electron chi connectivity index (χ2n) is 4.68. The first kappa shape index (κ1) is 15.4. The second-order valence-corrected chi connectivity index (χ2v) is 6.36. The first-order chi connectivity index (χ1) is 8.72. The number of hydrogen-bond donors (Lipinski definition) is 1. The van der Waals surface area contributed by atoms with Crippen LogP contribution < -0.4 is 4.72 Å². The summed E-state index contributed by atoms with van der Waals surface area (Å²) in [6.45, 7) is 4.90. The van der Waals surface area contributed by atoms with Crippen molar-refractivity contribution in [1.29, 1.82) is 0 Å². The van der Waals surface area contributed by atoms with Crippen molar-refractivity contribution in [3.8, 4) is 12.3 Å². The van der Waals surface area contributed by atoms with E-state index < -0.39 is 15.6 Å². The highest BCUT2D eigenvalue weighted by atomic mass is 32.2. The maximum absolute atomic E-state index is 12.2. The van der Waals surface area contributed by atoms with E-state index >= 15 is 0 Å². The first-order valence-corrected chi connectivity index (χ1v) is 7.35. The number of carbonyl (C=O) groups excluding carboxylic acids is 1. The summed E-state index contributed by atoms with van der Waals surface area (Å²) in [5.41, 5.74) is -0.604. The minimum Gasteiger partial charge on any atom is -0.294 e. The van der Waals surface area contributed by atoms with Crippen LogP contribution in [0.25, 0.3) is 0 Å². The third-order valence-electron chi connectivity index (χ3n) is 2.54. The number of ketones is 1. The molecule has 4 nitrogen and oxygen atoms in total. The zero-order valence-corrected chi connectivity index (χ0v) is 12.0. The van der Waals surface area contributed by atoms with E-state index in [-0.39, 0.29) is 10.7 Å². The highest BCUT2D eigenvalue weighted by molar-refractivity contribution is 7.89. The minimum atomic E-state index is -3.74. The van der Waals surface area contributed by atoms with E-state index in [1.165, 1.54) is 12.1 Å². The summed E-state index contributed by atoms with van der Waals surface area (Å²) in [6.07, 6.45) is 5.59. The fraction of sp³-hybridized carbons (Fsp3) is 0.357. The Hall–Kier alpha value is -1.64. The molecular formula is C14H17NO3S. The Labute approximate surface area is 114 Å². The molecule has 0 heterocycles. The summed E-state index contributed by atoms with van der Waals surface area (Å²) in [5.74, 6) is 2.26. The van der Waals surface area contributed by atoms with E-state index in [9.17, 15) is 13.2 Å². The van der Waals surface area contributed by atoms with Gasteiger partial charge in [0.15, 0.2) is 5.78 Å². The molecular weight excluding hydrogens is 262 g/mol. The molecule has 0 saturated heterocycles. The number of carbonyl (C=O) groups is 1. The molecule has 0 radical (unpaired) electrons. The van der Waals surface area contributed by atoms with E-state index in [4.69, 9.17) is 6.42 Å². The lowest BCUT2D eigenvalue weighted by molar-refractivity contribution is 0.0988. The molecule has 0 bridgehead atoms. The molecule has 0 fully saturated rings. The molecule has 0 saturated carbocycles. The third kappa shape index (κ3) is 3.91. The van der Waals surface area contributed by atoms with E-state index in [1.54, 1.807) is 32.9 Å². The Morgan fingerprint density at radius 2 is 2.05 bits per heavy atom. The number of terminal acetylenes is 1. The smallest absolute Gasteiger partial charge is 0.241 e. The SMILES string of the molecule is C#CC(C)(C)NS(=O)(=O)c1cccc(C(=O)CC)c1. The molecule has 0 aromatic heterocycles. The average Bonchev–Trinajstić information content (AvgIpc) is 2.37. The lowest BCUT2D eigenvalue weighted by Gasteiger charge is -2.19. The number of rotatable bonds is 5. The molecule has 5 heteroatoms. The Bertz CT molecular complexity index is 624. The lowest BCUT2D eigenvalue weighted by Crippen LogP contribution is -2.41. The van der Waals surface area contributed by atoms with Crippen molar-refractivity contribution in [3.05, 3.63) is 29.8 Å². The monoisotopic (exact) mass is 279 g/mol. The van der Waals surface area contributed by atoms with Crippen molar-refractivity contribution < 1.29 is 13.2 Å². The van der Waals surface area contributed by atoms with Crippen molar-refractivity contribution >= 4 is 15.8 Å². The molecule has 0 amide bonds. The molecule has 0 aliphatic carbocycles. The van der Waals surface area contributed by atoms with Gasteiger partial charge in [0.2, 0.25) is 10.0 Å². The summed E-state index contributed by atoms with van der Waals surface area (Å²) < 4.78 is 26.7. The fourth-order valence-corrected chi connectivity index (χ4v) is 2.85. The summed E-state index contributed by atoms with van der Waals surface area (Å²) >= 11 is 0. The predicted molar refractivity (Wildman–Crippen MR) is 74.3 cm³/mol. The van der Waals surface area contributed by atoms with Crippen LogP contribution in [-0.2, 0) is 10.0 Å². The van der Waals surface area contributed by atoms with Crippen molar-refractivity contribution in [2.45, 2.75) is 37.6 Å². The second kappa shape index (κ2) is 5.55. The van der Waals surface area contributed by atoms with Gasteiger partial charge in [-0.15, -0.1) is 6.42 Å². The van der Waals surface area contributed by atoms with Gasteiger partial charge in [0.25, 0.3) is 0 Å². The molecule has 0 spiro atoms. The zero-order chi connectivity index (χ0) is 14.7. The molecule has 1 aromatic carbocycles. The maximum atomic E-state index is 12.2. The van der Waals surface area contributed by atoms with Crippen LogP contribution >= 0.6 is 0 Å². The standard InChI is InChI=1S/C14H17NO3S/c1-5-13(16)11-8-7-9-12(10-11)19(17,18)15-14(3,4)6-2/h2,7-10,15H,5H2,1,3-4H3. The highest BCUT2D eigenvalue weighted by Crippen LogP contribution is 2.15. The van der Waals surface area contributed by atoms with Gasteiger partial charge in [-0.05, 0) is 26.0 Å². The normalized spacial score (nSPS) is 11.9. The molecule has 0 unspecified atom stereocenters. The Morgan fingerprint density at radius 1 is 1.42 bits per heavy atom. The van der Waals surface area contributed by atoms with Gasteiger partial charge in [-0.3, -0.25) is 4.79 Å². The maximum Gasteiger partial charge on any atom is 0.241 e. The highest BCUT2D eigenvalue weighted by Gasteiger charge is 2.24. The van der Waals surface area contributed by atoms with E-state index in [0.29, 0.717) is 12.0 Å². The van der Waals surface area contributed by atoms with Gasteiger partial charge < -0.3 is 0 Å². The topological polar surface area (TPSA) is 63.2 Å². The Balaban J connectivity index is 3.17. The molecule has 19 heavy (non-hydrogen) atoms. The van der Waals surface area contributed by atoms with Gasteiger partial charge in [-0.2, -0.15) is 4.72 Å². The van der Waals surface area contributed by atoms with Crippen LogP contribution in [0.15, 0.2) is 29.2 Å². The number of sulfonamides is 1. The number of benzene rings is 1. The summed E-state index contributed by atoms with van der Waals surface area (Å²) in [4.78, 5) is 11.6. The number of nitrogens with one attached hydrogen (secondary N) is 1. The molecule has 1 N–H and O–H groups in total. The summed E-state index contributed by atoms with van der Waals surface area (Å²) in [7, 11) is -3.74. The minimum absolute atomic E-state index is 0.0372. The van der Waals surface area contributed by atoms with Crippen LogP contribution in [0.5, 0.6) is 0 Å². The average molecular weight is 279 g/mol. The van der Waals surface area contributed by atoms with Crippen LogP contribution in [0.3, 0.4) is 0 Å². The molecule has 0 aliphatic heterocycles. The summed E-state index contributed by atoms with van der Waals surface area (Å²) in [6, 6.07) is 5.93. The van der Waals surface area contributed by atoms with Crippen LogP contribution in [0, 0.1) is 12.3 Å². The Morgan fingerprint density at radius 3 is 2.58 bits per heavy atom. The van der Waals surface area contributed by atoms with Gasteiger partial charge in [-0.1, -0.05) is 25.0 Å². The van der Waals surface area contributed by atoms with Gasteiger partial charge in [-0.25, -0.2) is 8.42 Å². The van der Waals surface area contributed by atoms with Crippen molar-refractivity contribution in [2.75, 3.05) is 0 Å².